The molecule has 0 saturated heterocycles. The lowest BCUT2D eigenvalue weighted by atomic mass is 10.1. The first-order valence-corrected chi connectivity index (χ1v) is 6.65. The monoisotopic (exact) mass is 279 g/mol. The molecule has 0 unspecified atom stereocenters. The highest BCUT2D eigenvalue weighted by Crippen LogP contribution is 2.16. The van der Waals surface area contributed by atoms with Crippen molar-refractivity contribution < 1.29 is 0 Å². The average molecular weight is 279 g/mol. The molecule has 2 aromatic rings. The Bertz CT molecular complexity index is 722. The van der Waals surface area contributed by atoms with Gasteiger partial charge in [-0.25, -0.2) is 4.98 Å². The zero-order valence-corrected chi connectivity index (χ0v) is 12.4. The molecule has 0 aliphatic carbocycles. The van der Waals surface area contributed by atoms with E-state index in [1.807, 2.05) is 16.7 Å². The van der Waals surface area contributed by atoms with Gasteiger partial charge in [0.25, 0.3) is 0 Å². The lowest BCUT2D eigenvalue weighted by Gasteiger charge is -2.21. The Hall–Kier alpha value is -2.63. The van der Waals surface area contributed by atoms with Crippen LogP contribution >= 0.6 is 0 Å². The second-order valence-corrected chi connectivity index (χ2v) is 5.81. The summed E-state index contributed by atoms with van der Waals surface area (Å²) in [5.74, 6) is 0. The Labute approximate surface area is 124 Å². The number of nitrogens with one attached hydrogen (secondary N) is 1. The molecule has 0 radical (unpaired) electrons. The van der Waals surface area contributed by atoms with Crippen molar-refractivity contribution in [1.29, 1.82) is 10.5 Å². The molecule has 0 aliphatic rings. The topological polar surface area (TPSA) is 77.4 Å². The number of nitriles is 2. The maximum Gasteiger partial charge on any atom is 0.101 e. The van der Waals surface area contributed by atoms with Gasteiger partial charge in [-0.1, -0.05) is 0 Å². The van der Waals surface area contributed by atoms with Gasteiger partial charge in [-0.3, -0.25) is 0 Å². The summed E-state index contributed by atoms with van der Waals surface area (Å²) < 4.78 is 1.92. The number of nitrogens with zero attached hydrogens (tertiary/aromatic N) is 4. The number of aromatic nitrogens is 2. The predicted octanol–water partition coefficient (Wildman–Crippen LogP) is 2.50. The third-order valence-electron chi connectivity index (χ3n) is 3.04. The van der Waals surface area contributed by atoms with Crippen LogP contribution in [0, 0.1) is 22.7 Å². The van der Waals surface area contributed by atoms with E-state index < -0.39 is 0 Å². The minimum Gasteiger partial charge on any atom is -0.306 e. The summed E-state index contributed by atoms with van der Waals surface area (Å²) >= 11 is 0. The van der Waals surface area contributed by atoms with E-state index in [9.17, 15) is 0 Å². The van der Waals surface area contributed by atoms with Crippen LogP contribution < -0.4 is 5.32 Å². The molecule has 106 valence electrons. The number of rotatable bonds is 3. The van der Waals surface area contributed by atoms with Gasteiger partial charge in [0.2, 0.25) is 0 Å². The molecule has 0 atom stereocenters. The first kappa shape index (κ1) is 14.8. The molecule has 21 heavy (non-hydrogen) atoms. The van der Waals surface area contributed by atoms with Gasteiger partial charge in [-0.15, -0.1) is 0 Å². The van der Waals surface area contributed by atoms with Crippen LogP contribution in [-0.2, 0) is 6.54 Å². The second-order valence-electron chi connectivity index (χ2n) is 5.81. The predicted molar refractivity (Wildman–Crippen MR) is 79.6 cm³/mol. The summed E-state index contributed by atoms with van der Waals surface area (Å²) in [6, 6.07) is 9.26. The van der Waals surface area contributed by atoms with E-state index in [1.54, 1.807) is 24.7 Å². The van der Waals surface area contributed by atoms with Gasteiger partial charge in [0, 0.05) is 24.0 Å². The highest BCUT2D eigenvalue weighted by molar-refractivity contribution is 5.51. The first-order valence-electron chi connectivity index (χ1n) is 6.65. The summed E-state index contributed by atoms with van der Waals surface area (Å²) in [5, 5.41) is 21.5. The van der Waals surface area contributed by atoms with Gasteiger partial charge in [0.15, 0.2) is 0 Å². The van der Waals surface area contributed by atoms with E-state index in [-0.39, 0.29) is 5.54 Å². The van der Waals surface area contributed by atoms with Crippen molar-refractivity contribution in [2.24, 2.45) is 0 Å². The second kappa shape index (κ2) is 5.78. The molecule has 1 aromatic carbocycles. The summed E-state index contributed by atoms with van der Waals surface area (Å²) in [7, 11) is 0. The summed E-state index contributed by atoms with van der Waals surface area (Å²) in [6.45, 7) is 6.97. The molecular formula is C16H17N5. The van der Waals surface area contributed by atoms with Crippen LogP contribution in [0.3, 0.4) is 0 Å². The highest BCUT2D eigenvalue weighted by Gasteiger charge is 2.12. The molecule has 5 nitrogen and oxygen atoms in total. The molecule has 0 amide bonds. The van der Waals surface area contributed by atoms with Crippen molar-refractivity contribution in [1.82, 2.24) is 14.9 Å². The third kappa shape index (κ3) is 3.47. The fraction of sp³-hybridized carbons (Fsp3) is 0.312. The van der Waals surface area contributed by atoms with E-state index in [1.165, 1.54) is 0 Å². The van der Waals surface area contributed by atoms with Crippen LogP contribution in [0.1, 0.15) is 37.6 Å². The van der Waals surface area contributed by atoms with Crippen molar-refractivity contribution in [3.8, 4) is 17.8 Å². The van der Waals surface area contributed by atoms with Gasteiger partial charge < -0.3 is 9.88 Å². The molecular weight excluding hydrogens is 262 g/mol. The maximum atomic E-state index is 9.11. The lowest BCUT2D eigenvalue weighted by Crippen LogP contribution is -2.35. The van der Waals surface area contributed by atoms with Gasteiger partial charge in [0.05, 0.1) is 23.1 Å². The molecule has 0 saturated carbocycles. The van der Waals surface area contributed by atoms with E-state index in [2.05, 4.69) is 37.1 Å². The van der Waals surface area contributed by atoms with E-state index >= 15 is 0 Å². The molecule has 1 heterocycles. The van der Waals surface area contributed by atoms with Gasteiger partial charge in [0.1, 0.15) is 12.1 Å². The Morgan fingerprint density at radius 3 is 2.52 bits per heavy atom. The zero-order chi connectivity index (χ0) is 15.5. The maximum absolute atomic E-state index is 9.11. The van der Waals surface area contributed by atoms with Crippen LogP contribution in [0.2, 0.25) is 0 Å². The van der Waals surface area contributed by atoms with Crippen LogP contribution in [0.15, 0.2) is 30.7 Å². The SMILES string of the molecule is CC(C)(C)NCc1cncn1-c1ccc(C#N)c(C#N)c1. The van der Waals surface area contributed by atoms with Gasteiger partial charge in [-0.2, -0.15) is 10.5 Å². The molecule has 5 heteroatoms. The van der Waals surface area contributed by atoms with Crippen molar-refractivity contribution >= 4 is 0 Å². The Morgan fingerprint density at radius 2 is 1.90 bits per heavy atom. The normalized spacial score (nSPS) is 10.9. The van der Waals surface area contributed by atoms with Crippen LogP contribution in [0.25, 0.3) is 5.69 Å². The molecule has 0 bridgehead atoms. The van der Waals surface area contributed by atoms with Crippen molar-refractivity contribution in [3.63, 3.8) is 0 Å². The van der Waals surface area contributed by atoms with Crippen molar-refractivity contribution in [2.45, 2.75) is 32.9 Å². The molecule has 1 N–H and O–H groups in total. The molecule has 2 rings (SSSR count). The van der Waals surface area contributed by atoms with Gasteiger partial charge >= 0.3 is 0 Å². The van der Waals surface area contributed by atoms with E-state index in [0.29, 0.717) is 17.7 Å². The highest BCUT2D eigenvalue weighted by atomic mass is 15.1. The third-order valence-corrected chi connectivity index (χ3v) is 3.04. The minimum atomic E-state index is 0.0115. The quantitative estimate of drug-likeness (QED) is 0.936. The Kier molecular flexibility index (Phi) is 4.07. The molecule has 0 fully saturated rings. The fourth-order valence-electron chi connectivity index (χ4n) is 1.91. The molecule has 1 aromatic heterocycles. The Balaban J connectivity index is 2.34. The summed E-state index contributed by atoms with van der Waals surface area (Å²) in [5.41, 5.74) is 2.60. The van der Waals surface area contributed by atoms with Crippen LogP contribution in [0.4, 0.5) is 0 Å². The van der Waals surface area contributed by atoms with Crippen LogP contribution in [0.5, 0.6) is 0 Å². The van der Waals surface area contributed by atoms with E-state index in [0.717, 1.165) is 11.4 Å². The zero-order valence-electron chi connectivity index (χ0n) is 12.4. The Morgan fingerprint density at radius 1 is 1.19 bits per heavy atom. The van der Waals surface area contributed by atoms with Gasteiger partial charge in [-0.05, 0) is 39.0 Å². The smallest absolute Gasteiger partial charge is 0.101 e. The molecule has 0 aliphatic heterocycles. The summed E-state index contributed by atoms with van der Waals surface area (Å²) in [6.07, 6.45) is 3.51. The average Bonchev–Trinajstić information content (AvgIpc) is 2.92. The van der Waals surface area contributed by atoms with Crippen LogP contribution in [-0.4, -0.2) is 15.1 Å². The van der Waals surface area contributed by atoms with Crippen molar-refractivity contribution in [2.75, 3.05) is 0 Å². The summed E-state index contributed by atoms with van der Waals surface area (Å²) in [4.78, 5) is 4.17. The number of hydrogen-bond acceptors (Lipinski definition) is 4. The molecule has 0 spiro atoms. The number of hydrogen-bond donors (Lipinski definition) is 1. The first-order chi connectivity index (χ1) is 9.94. The standard InChI is InChI=1S/C16H17N5/c1-16(2,3)20-10-15-9-19-11-21(15)14-5-4-12(7-17)13(6-14)8-18/h4-6,9,11,20H,10H2,1-3H3. The number of benzene rings is 1. The fourth-order valence-corrected chi connectivity index (χ4v) is 1.91. The largest absolute Gasteiger partial charge is 0.306 e. The number of imidazole rings is 1. The van der Waals surface area contributed by atoms with Crippen molar-refractivity contribution in [3.05, 3.63) is 47.5 Å². The lowest BCUT2D eigenvalue weighted by molar-refractivity contribution is 0.419. The van der Waals surface area contributed by atoms with E-state index in [4.69, 9.17) is 10.5 Å². The minimum absolute atomic E-state index is 0.0115.